The summed E-state index contributed by atoms with van der Waals surface area (Å²) in [5.41, 5.74) is -0.130. The quantitative estimate of drug-likeness (QED) is 0.694. The molecule has 0 aromatic carbocycles. The standard InChI is InChI=1S/C10H19NO2/c1-3-10(5-6-11-8-10)9(12)7-13-4-2/h11H,3-8H2,1-2H3. The van der Waals surface area contributed by atoms with E-state index < -0.39 is 0 Å². The SMILES string of the molecule is CCOCC(=O)C1(CC)CCNC1. The molecule has 0 amide bonds. The number of ether oxygens (including phenoxy) is 1. The van der Waals surface area contributed by atoms with Gasteiger partial charge in [0.1, 0.15) is 6.61 Å². The van der Waals surface area contributed by atoms with Gasteiger partial charge in [0.2, 0.25) is 0 Å². The summed E-state index contributed by atoms with van der Waals surface area (Å²) < 4.78 is 5.16. The second-order valence-electron chi connectivity index (χ2n) is 3.62. The lowest BCUT2D eigenvalue weighted by Gasteiger charge is -2.24. The minimum atomic E-state index is -0.130. The summed E-state index contributed by atoms with van der Waals surface area (Å²) in [5, 5.41) is 3.25. The maximum atomic E-state index is 11.8. The fourth-order valence-corrected chi connectivity index (χ4v) is 1.83. The number of ketones is 1. The number of nitrogens with one attached hydrogen (secondary N) is 1. The van der Waals surface area contributed by atoms with Gasteiger partial charge in [0.05, 0.1) is 0 Å². The van der Waals surface area contributed by atoms with Crippen LogP contribution < -0.4 is 5.32 Å². The molecule has 1 fully saturated rings. The molecule has 0 aromatic heterocycles. The summed E-state index contributed by atoms with van der Waals surface area (Å²) in [6.45, 7) is 6.70. The Kier molecular flexibility index (Phi) is 3.88. The molecule has 0 radical (unpaired) electrons. The van der Waals surface area contributed by atoms with E-state index in [2.05, 4.69) is 12.2 Å². The monoisotopic (exact) mass is 185 g/mol. The molecular formula is C10H19NO2. The average molecular weight is 185 g/mol. The van der Waals surface area contributed by atoms with Gasteiger partial charge in [0, 0.05) is 18.6 Å². The normalized spacial score (nSPS) is 27.8. The van der Waals surface area contributed by atoms with Crippen LogP contribution in [0.1, 0.15) is 26.7 Å². The molecule has 1 aliphatic heterocycles. The number of carbonyl (C=O) groups excluding carboxylic acids is 1. The van der Waals surface area contributed by atoms with E-state index in [0.29, 0.717) is 6.61 Å². The molecule has 76 valence electrons. The lowest BCUT2D eigenvalue weighted by molar-refractivity contribution is -0.132. The Balaban J connectivity index is 2.49. The summed E-state index contributed by atoms with van der Waals surface area (Å²) in [6, 6.07) is 0. The van der Waals surface area contributed by atoms with Crippen LogP contribution in [0.2, 0.25) is 0 Å². The summed E-state index contributed by atoms with van der Waals surface area (Å²) >= 11 is 0. The largest absolute Gasteiger partial charge is 0.374 e. The third-order valence-electron chi connectivity index (χ3n) is 2.95. The van der Waals surface area contributed by atoms with Gasteiger partial charge in [-0.05, 0) is 26.3 Å². The highest BCUT2D eigenvalue weighted by molar-refractivity contribution is 5.86. The van der Waals surface area contributed by atoms with Crippen molar-refractivity contribution >= 4 is 5.78 Å². The van der Waals surface area contributed by atoms with Crippen molar-refractivity contribution in [2.45, 2.75) is 26.7 Å². The lowest BCUT2D eigenvalue weighted by atomic mass is 9.80. The summed E-state index contributed by atoms with van der Waals surface area (Å²) in [6.07, 6.45) is 1.89. The molecule has 1 rings (SSSR count). The third kappa shape index (κ3) is 2.29. The number of hydrogen-bond donors (Lipinski definition) is 1. The van der Waals surface area contributed by atoms with Crippen LogP contribution in [0.15, 0.2) is 0 Å². The molecule has 1 saturated heterocycles. The van der Waals surface area contributed by atoms with Crippen molar-refractivity contribution in [3.8, 4) is 0 Å². The molecule has 3 nitrogen and oxygen atoms in total. The Labute approximate surface area is 79.8 Å². The van der Waals surface area contributed by atoms with Crippen LogP contribution in [0, 0.1) is 5.41 Å². The molecule has 1 N–H and O–H groups in total. The predicted molar refractivity (Wildman–Crippen MR) is 51.7 cm³/mol. The van der Waals surface area contributed by atoms with Crippen LogP contribution in [0.3, 0.4) is 0 Å². The minimum absolute atomic E-state index is 0.130. The topological polar surface area (TPSA) is 38.3 Å². The molecule has 0 spiro atoms. The Morgan fingerprint density at radius 2 is 2.31 bits per heavy atom. The van der Waals surface area contributed by atoms with Crippen molar-refractivity contribution in [1.82, 2.24) is 5.32 Å². The Hall–Kier alpha value is -0.410. The predicted octanol–water partition coefficient (Wildman–Crippen LogP) is 0.982. The van der Waals surface area contributed by atoms with Gasteiger partial charge in [0.25, 0.3) is 0 Å². The van der Waals surface area contributed by atoms with Crippen LogP contribution in [0.25, 0.3) is 0 Å². The van der Waals surface area contributed by atoms with Gasteiger partial charge in [0.15, 0.2) is 5.78 Å². The fourth-order valence-electron chi connectivity index (χ4n) is 1.83. The second kappa shape index (κ2) is 4.72. The van der Waals surface area contributed by atoms with E-state index in [1.54, 1.807) is 0 Å². The highest BCUT2D eigenvalue weighted by Gasteiger charge is 2.38. The first-order chi connectivity index (χ1) is 6.25. The van der Waals surface area contributed by atoms with Gasteiger partial charge < -0.3 is 10.1 Å². The summed E-state index contributed by atoms with van der Waals surface area (Å²) in [5.74, 6) is 0.266. The van der Waals surface area contributed by atoms with Crippen LogP contribution in [-0.4, -0.2) is 32.1 Å². The molecule has 0 aliphatic carbocycles. The van der Waals surface area contributed by atoms with Crippen LogP contribution >= 0.6 is 0 Å². The highest BCUT2D eigenvalue weighted by Crippen LogP contribution is 2.30. The van der Waals surface area contributed by atoms with Gasteiger partial charge in [-0.2, -0.15) is 0 Å². The Morgan fingerprint density at radius 3 is 2.77 bits per heavy atom. The molecular weight excluding hydrogens is 166 g/mol. The van der Waals surface area contributed by atoms with E-state index in [-0.39, 0.29) is 17.8 Å². The molecule has 1 unspecified atom stereocenters. The molecule has 0 bridgehead atoms. The highest BCUT2D eigenvalue weighted by atomic mass is 16.5. The number of carbonyl (C=O) groups is 1. The van der Waals surface area contributed by atoms with Crippen molar-refractivity contribution in [3.05, 3.63) is 0 Å². The van der Waals surface area contributed by atoms with E-state index in [0.717, 1.165) is 25.9 Å². The smallest absolute Gasteiger partial charge is 0.165 e. The summed E-state index contributed by atoms with van der Waals surface area (Å²) in [4.78, 5) is 11.8. The molecule has 3 heteroatoms. The van der Waals surface area contributed by atoms with Gasteiger partial charge in [-0.3, -0.25) is 4.79 Å². The number of hydrogen-bond acceptors (Lipinski definition) is 3. The van der Waals surface area contributed by atoms with E-state index in [4.69, 9.17) is 4.74 Å². The molecule has 1 heterocycles. The van der Waals surface area contributed by atoms with Crippen molar-refractivity contribution in [2.24, 2.45) is 5.41 Å². The molecule has 0 saturated carbocycles. The Bertz CT molecular complexity index is 174. The van der Waals surface area contributed by atoms with E-state index in [1.807, 2.05) is 6.92 Å². The second-order valence-corrected chi connectivity index (χ2v) is 3.62. The fraction of sp³-hybridized carbons (Fsp3) is 0.900. The molecule has 13 heavy (non-hydrogen) atoms. The van der Waals surface area contributed by atoms with Crippen molar-refractivity contribution in [2.75, 3.05) is 26.3 Å². The van der Waals surface area contributed by atoms with Crippen molar-refractivity contribution < 1.29 is 9.53 Å². The maximum Gasteiger partial charge on any atom is 0.165 e. The molecule has 1 aliphatic rings. The maximum absolute atomic E-state index is 11.8. The van der Waals surface area contributed by atoms with E-state index in [1.165, 1.54) is 0 Å². The van der Waals surface area contributed by atoms with Gasteiger partial charge in [-0.15, -0.1) is 0 Å². The lowest BCUT2D eigenvalue weighted by Crippen LogP contribution is -2.35. The first-order valence-electron chi connectivity index (χ1n) is 5.07. The zero-order chi connectivity index (χ0) is 9.73. The van der Waals surface area contributed by atoms with Crippen molar-refractivity contribution in [3.63, 3.8) is 0 Å². The molecule has 1 atom stereocenters. The Morgan fingerprint density at radius 1 is 1.54 bits per heavy atom. The minimum Gasteiger partial charge on any atom is -0.374 e. The van der Waals surface area contributed by atoms with Gasteiger partial charge in [-0.25, -0.2) is 0 Å². The van der Waals surface area contributed by atoms with Crippen LogP contribution in [0.4, 0.5) is 0 Å². The van der Waals surface area contributed by atoms with E-state index >= 15 is 0 Å². The average Bonchev–Trinajstić information content (AvgIpc) is 2.63. The van der Waals surface area contributed by atoms with Gasteiger partial charge in [-0.1, -0.05) is 6.92 Å². The van der Waals surface area contributed by atoms with Gasteiger partial charge >= 0.3 is 0 Å². The number of Topliss-reactive ketones (excluding diaryl/α,β-unsaturated/α-hetero) is 1. The van der Waals surface area contributed by atoms with Crippen molar-refractivity contribution in [1.29, 1.82) is 0 Å². The first kappa shape index (κ1) is 10.7. The molecule has 0 aromatic rings. The summed E-state index contributed by atoms with van der Waals surface area (Å²) in [7, 11) is 0. The number of rotatable bonds is 5. The third-order valence-corrected chi connectivity index (χ3v) is 2.95. The first-order valence-corrected chi connectivity index (χ1v) is 5.07. The van der Waals surface area contributed by atoms with Crippen LogP contribution in [0.5, 0.6) is 0 Å². The zero-order valence-corrected chi connectivity index (χ0v) is 8.56. The van der Waals surface area contributed by atoms with E-state index in [9.17, 15) is 4.79 Å². The zero-order valence-electron chi connectivity index (χ0n) is 8.56. The van der Waals surface area contributed by atoms with Crippen LogP contribution in [-0.2, 0) is 9.53 Å².